The van der Waals surface area contributed by atoms with Gasteiger partial charge in [-0.2, -0.15) is 0 Å². The fourth-order valence-electron chi connectivity index (χ4n) is 1.95. The molecule has 0 aliphatic carbocycles. The molecule has 0 aromatic heterocycles. The second kappa shape index (κ2) is 11.7. The number of unbranched alkanes of at least 4 members (excludes halogenated alkanes) is 2. The topological polar surface area (TPSA) is 62.4 Å². The van der Waals surface area contributed by atoms with Crippen molar-refractivity contribution in [2.75, 3.05) is 13.2 Å². The van der Waals surface area contributed by atoms with Crippen LogP contribution in [0.15, 0.2) is 24.3 Å². The molecule has 1 rings (SSSR count). The number of benzene rings is 1. The second-order valence-electron chi connectivity index (χ2n) is 6.10. The number of carbonyl (C=O) groups excluding carboxylic acids is 1. The predicted octanol–water partition coefficient (Wildman–Crippen LogP) is 3.41. The lowest BCUT2D eigenvalue weighted by Gasteiger charge is -2.12. The highest BCUT2D eigenvalue weighted by molar-refractivity contribution is 7.80. The van der Waals surface area contributed by atoms with Gasteiger partial charge in [0, 0.05) is 12.1 Å². The average molecular weight is 352 g/mol. The van der Waals surface area contributed by atoms with E-state index in [2.05, 4.69) is 36.9 Å². The summed E-state index contributed by atoms with van der Waals surface area (Å²) in [6, 6.07) is 7.09. The molecule has 3 N–H and O–H groups in total. The Morgan fingerprint density at radius 1 is 1.17 bits per heavy atom. The lowest BCUT2D eigenvalue weighted by molar-refractivity contribution is 0.0943. The van der Waals surface area contributed by atoms with Crippen LogP contribution in [-0.4, -0.2) is 24.2 Å². The molecule has 0 unspecified atom stereocenters. The molecule has 0 radical (unpaired) electrons. The summed E-state index contributed by atoms with van der Waals surface area (Å²) in [5.74, 6) is 1.15. The maximum atomic E-state index is 12.0. The molecule has 0 saturated carbocycles. The van der Waals surface area contributed by atoms with Gasteiger partial charge in [0.2, 0.25) is 0 Å². The molecule has 0 fully saturated rings. The van der Waals surface area contributed by atoms with Crippen molar-refractivity contribution in [1.82, 2.24) is 16.2 Å². The SMILES string of the molecule is CCCCCOc1ccc(C(=O)NNC(=S)NCCC(C)C)cc1. The smallest absolute Gasteiger partial charge is 0.269 e. The molecule has 24 heavy (non-hydrogen) atoms. The highest BCUT2D eigenvalue weighted by atomic mass is 32.1. The molecule has 0 aliphatic rings. The summed E-state index contributed by atoms with van der Waals surface area (Å²) in [7, 11) is 0. The van der Waals surface area contributed by atoms with Crippen LogP contribution in [0.1, 0.15) is 56.8 Å². The third-order valence-corrected chi connectivity index (χ3v) is 3.68. The maximum absolute atomic E-state index is 12.0. The van der Waals surface area contributed by atoms with Crippen molar-refractivity contribution >= 4 is 23.2 Å². The lowest BCUT2D eigenvalue weighted by atomic mass is 10.1. The van der Waals surface area contributed by atoms with E-state index in [-0.39, 0.29) is 5.91 Å². The Kier molecular flexibility index (Phi) is 9.84. The van der Waals surface area contributed by atoms with Crippen molar-refractivity contribution in [3.8, 4) is 5.75 Å². The summed E-state index contributed by atoms with van der Waals surface area (Å²) in [4.78, 5) is 12.0. The molecule has 5 nitrogen and oxygen atoms in total. The van der Waals surface area contributed by atoms with Crippen molar-refractivity contribution < 1.29 is 9.53 Å². The van der Waals surface area contributed by atoms with Crippen LogP contribution in [0.5, 0.6) is 5.75 Å². The van der Waals surface area contributed by atoms with Crippen LogP contribution >= 0.6 is 12.2 Å². The van der Waals surface area contributed by atoms with Crippen LogP contribution in [0.4, 0.5) is 0 Å². The Hall–Kier alpha value is -1.82. The molecule has 1 aromatic rings. The minimum Gasteiger partial charge on any atom is -0.494 e. The van der Waals surface area contributed by atoms with Gasteiger partial charge in [-0.25, -0.2) is 0 Å². The minimum absolute atomic E-state index is 0.236. The number of rotatable bonds is 9. The highest BCUT2D eigenvalue weighted by Gasteiger charge is 2.06. The van der Waals surface area contributed by atoms with Gasteiger partial charge < -0.3 is 10.1 Å². The second-order valence-corrected chi connectivity index (χ2v) is 6.51. The van der Waals surface area contributed by atoms with Crippen molar-refractivity contribution in [3.63, 3.8) is 0 Å². The first-order valence-electron chi connectivity index (χ1n) is 8.60. The third-order valence-electron chi connectivity index (χ3n) is 3.43. The Labute approximate surface area is 150 Å². The number of hydrazine groups is 1. The normalized spacial score (nSPS) is 10.3. The van der Waals surface area contributed by atoms with Crippen molar-refractivity contribution in [2.45, 2.75) is 46.5 Å². The number of ether oxygens (including phenoxy) is 1. The number of thiocarbonyl (C=S) groups is 1. The van der Waals surface area contributed by atoms with Gasteiger partial charge in [0.15, 0.2) is 5.11 Å². The fourth-order valence-corrected chi connectivity index (χ4v) is 2.10. The van der Waals surface area contributed by atoms with Crippen LogP contribution < -0.4 is 20.9 Å². The molecule has 1 aromatic carbocycles. The molecule has 0 saturated heterocycles. The first-order valence-corrected chi connectivity index (χ1v) is 9.00. The summed E-state index contributed by atoms with van der Waals surface area (Å²) < 4.78 is 5.63. The zero-order chi connectivity index (χ0) is 17.8. The van der Waals surface area contributed by atoms with E-state index in [0.717, 1.165) is 31.6 Å². The molecule has 0 atom stereocenters. The Balaban J connectivity index is 2.30. The molecular formula is C18H29N3O2S. The van der Waals surface area contributed by atoms with Gasteiger partial charge in [-0.15, -0.1) is 0 Å². The first kappa shape index (κ1) is 20.2. The Bertz CT molecular complexity index is 503. The van der Waals surface area contributed by atoms with Crippen LogP contribution in [-0.2, 0) is 0 Å². The predicted molar refractivity (Wildman–Crippen MR) is 102 cm³/mol. The lowest BCUT2D eigenvalue weighted by Crippen LogP contribution is -2.47. The van der Waals surface area contributed by atoms with E-state index in [1.807, 2.05) is 0 Å². The molecule has 1 amide bonds. The van der Waals surface area contributed by atoms with E-state index in [1.54, 1.807) is 24.3 Å². The molecular weight excluding hydrogens is 322 g/mol. The van der Waals surface area contributed by atoms with Gasteiger partial charge in [0.25, 0.3) is 5.91 Å². The van der Waals surface area contributed by atoms with Gasteiger partial charge in [-0.1, -0.05) is 33.6 Å². The van der Waals surface area contributed by atoms with E-state index < -0.39 is 0 Å². The van der Waals surface area contributed by atoms with Crippen LogP contribution in [0.25, 0.3) is 0 Å². The standard InChI is InChI=1S/C18H29N3O2S/c1-4-5-6-13-23-16-9-7-15(8-10-16)17(22)20-21-18(24)19-12-11-14(2)3/h7-10,14H,4-6,11-13H2,1-3H3,(H,20,22)(H2,19,21,24). The van der Waals surface area contributed by atoms with Gasteiger partial charge in [0.1, 0.15) is 5.75 Å². The molecule has 0 bridgehead atoms. The van der Waals surface area contributed by atoms with Crippen molar-refractivity contribution in [3.05, 3.63) is 29.8 Å². The average Bonchev–Trinajstić information content (AvgIpc) is 2.57. The molecule has 0 heterocycles. The van der Waals surface area contributed by atoms with E-state index in [0.29, 0.717) is 23.2 Å². The zero-order valence-corrected chi connectivity index (χ0v) is 15.7. The molecule has 0 spiro atoms. The maximum Gasteiger partial charge on any atom is 0.269 e. The summed E-state index contributed by atoms with van der Waals surface area (Å²) in [6.45, 7) is 7.95. The van der Waals surface area contributed by atoms with Crippen molar-refractivity contribution in [2.24, 2.45) is 5.92 Å². The van der Waals surface area contributed by atoms with Gasteiger partial charge >= 0.3 is 0 Å². The number of hydrogen-bond donors (Lipinski definition) is 3. The summed E-state index contributed by atoms with van der Waals surface area (Å²) in [5, 5.41) is 3.47. The van der Waals surface area contributed by atoms with Crippen LogP contribution in [0.2, 0.25) is 0 Å². The number of carbonyl (C=O) groups is 1. The third kappa shape index (κ3) is 8.72. The molecule has 6 heteroatoms. The van der Waals surface area contributed by atoms with E-state index in [4.69, 9.17) is 17.0 Å². The fraction of sp³-hybridized carbons (Fsp3) is 0.556. The van der Waals surface area contributed by atoms with Gasteiger partial charge in [0.05, 0.1) is 6.61 Å². The van der Waals surface area contributed by atoms with Crippen LogP contribution in [0, 0.1) is 5.92 Å². The Morgan fingerprint density at radius 3 is 2.50 bits per heavy atom. The summed E-state index contributed by atoms with van der Waals surface area (Å²) in [6.07, 6.45) is 4.40. The Morgan fingerprint density at radius 2 is 1.88 bits per heavy atom. The number of nitrogens with one attached hydrogen (secondary N) is 3. The zero-order valence-electron chi connectivity index (χ0n) is 14.9. The monoisotopic (exact) mass is 351 g/mol. The number of hydrogen-bond acceptors (Lipinski definition) is 3. The largest absolute Gasteiger partial charge is 0.494 e. The summed E-state index contributed by atoms with van der Waals surface area (Å²) >= 11 is 5.11. The van der Waals surface area contributed by atoms with Crippen molar-refractivity contribution in [1.29, 1.82) is 0 Å². The number of amides is 1. The van der Waals surface area contributed by atoms with Gasteiger partial charge in [-0.3, -0.25) is 15.6 Å². The van der Waals surface area contributed by atoms with E-state index in [1.165, 1.54) is 6.42 Å². The van der Waals surface area contributed by atoms with Crippen LogP contribution in [0.3, 0.4) is 0 Å². The molecule has 0 aliphatic heterocycles. The quantitative estimate of drug-likeness (QED) is 0.361. The molecule has 134 valence electrons. The highest BCUT2D eigenvalue weighted by Crippen LogP contribution is 2.12. The van der Waals surface area contributed by atoms with E-state index >= 15 is 0 Å². The summed E-state index contributed by atoms with van der Waals surface area (Å²) in [5.41, 5.74) is 5.84. The van der Waals surface area contributed by atoms with Gasteiger partial charge in [-0.05, 0) is 55.2 Å². The minimum atomic E-state index is -0.236. The van der Waals surface area contributed by atoms with E-state index in [9.17, 15) is 4.79 Å². The first-order chi connectivity index (χ1) is 11.5.